The standard InChI is InChI=1S/C26H22BrN2P/c27-30(21-12-4-1-5-13-21,22-14-6-2-7-15-22,23-16-8-3-9-17-23)20-26-24-18-10-11-19-25(24)28-29-26/h1-19H,20H2,(H,28,29). The molecule has 1 N–H and O–H groups in total. The van der Waals surface area contributed by atoms with Crippen LogP contribution in [0.2, 0.25) is 0 Å². The number of halogens is 1. The third-order valence-electron chi connectivity index (χ3n) is 5.88. The van der Waals surface area contributed by atoms with Crippen LogP contribution in [0.1, 0.15) is 5.69 Å². The summed E-state index contributed by atoms with van der Waals surface area (Å²) in [6.07, 6.45) is 0.810. The van der Waals surface area contributed by atoms with Gasteiger partial charge in [-0.05, 0) is 0 Å². The number of rotatable bonds is 5. The molecule has 0 fully saturated rings. The van der Waals surface area contributed by atoms with Gasteiger partial charge in [-0.2, -0.15) is 0 Å². The Balaban J connectivity index is 1.88. The van der Waals surface area contributed by atoms with E-state index in [1.807, 2.05) is 6.07 Å². The van der Waals surface area contributed by atoms with E-state index in [4.69, 9.17) is 0 Å². The van der Waals surface area contributed by atoms with Crippen LogP contribution in [0, 0.1) is 0 Å². The second-order valence-corrected chi connectivity index (χ2v) is 16.5. The van der Waals surface area contributed by atoms with Gasteiger partial charge in [-0.1, -0.05) is 0 Å². The Morgan fingerprint density at radius 2 is 1.03 bits per heavy atom. The van der Waals surface area contributed by atoms with Gasteiger partial charge in [0.1, 0.15) is 0 Å². The van der Waals surface area contributed by atoms with Gasteiger partial charge >= 0.3 is 185 Å². The van der Waals surface area contributed by atoms with Gasteiger partial charge in [-0.15, -0.1) is 0 Å². The van der Waals surface area contributed by atoms with Crippen molar-refractivity contribution in [3.05, 3.63) is 121 Å². The van der Waals surface area contributed by atoms with Crippen LogP contribution >= 0.6 is 20.8 Å². The number of nitrogens with one attached hydrogen (secondary N) is 1. The number of H-pyrrole nitrogens is 1. The molecule has 4 heteroatoms. The molecule has 1 aromatic heterocycles. The molecule has 0 aliphatic rings. The Morgan fingerprint density at radius 1 is 0.600 bits per heavy atom. The normalized spacial score (nSPS) is 13.0. The molecule has 0 aliphatic heterocycles. The summed E-state index contributed by atoms with van der Waals surface area (Å²) in [4.78, 5) is 0. The van der Waals surface area contributed by atoms with Crippen molar-refractivity contribution in [3.63, 3.8) is 0 Å². The van der Waals surface area contributed by atoms with Crippen molar-refractivity contribution in [2.45, 2.75) is 6.16 Å². The molecule has 0 radical (unpaired) electrons. The Bertz CT molecular complexity index is 1180. The second-order valence-electron chi connectivity index (χ2n) is 7.57. The number of benzene rings is 4. The second kappa shape index (κ2) is 7.50. The summed E-state index contributed by atoms with van der Waals surface area (Å²) in [5.74, 6) is 0. The monoisotopic (exact) mass is 472 g/mol. The molecule has 0 bridgehead atoms. The van der Waals surface area contributed by atoms with Crippen molar-refractivity contribution in [2.24, 2.45) is 0 Å². The van der Waals surface area contributed by atoms with Gasteiger partial charge in [-0.25, -0.2) is 0 Å². The molecule has 4 aromatic carbocycles. The van der Waals surface area contributed by atoms with Crippen molar-refractivity contribution < 1.29 is 0 Å². The maximum atomic E-state index is 4.59. The van der Waals surface area contributed by atoms with Crippen LogP contribution in [0.4, 0.5) is 0 Å². The number of hydrogen-bond donors (Lipinski definition) is 1. The molecule has 0 saturated carbocycles. The van der Waals surface area contributed by atoms with E-state index in [0.29, 0.717) is 0 Å². The number of para-hydroxylation sites is 1. The molecule has 0 saturated heterocycles. The fraction of sp³-hybridized carbons (Fsp3) is 0.0385. The van der Waals surface area contributed by atoms with Crippen molar-refractivity contribution in [1.29, 1.82) is 0 Å². The van der Waals surface area contributed by atoms with Crippen LogP contribution in [0.25, 0.3) is 10.9 Å². The zero-order valence-corrected chi connectivity index (χ0v) is 18.9. The first-order chi connectivity index (χ1) is 14.7. The summed E-state index contributed by atoms with van der Waals surface area (Å²) in [6, 6.07) is 40.9. The molecule has 0 spiro atoms. The van der Waals surface area contributed by atoms with E-state index in [9.17, 15) is 0 Å². The van der Waals surface area contributed by atoms with E-state index in [1.165, 1.54) is 21.3 Å². The van der Waals surface area contributed by atoms with E-state index in [1.54, 1.807) is 0 Å². The third kappa shape index (κ3) is 2.93. The van der Waals surface area contributed by atoms with Crippen molar-refractivity contribution in [3.8, 4) is 0 Å². The van der Waals surface area contributed by atoms with Gasteiger partial charge < -0.3 is 0 Å². The summed E-state index contributed by atoms with van der Waals surface area (Å²) in [5.41, 5.74) is 2.15. The SMILES string of the molecule is BrP(Cc1[nH]nc2ccccc12)(c1ccccc1)(c1ccccc1)c1ccccc1. The van der Waals surface area contributed by atoms with Crippen molar-refractivity contribution in [1.82, 2.24) is 10.2 Å². The van der Waals surface area contributed by atoms with Crippen molar-refractivity contribution in [2.75, 3.05) is 0 Å². The average molecular weight is 473 g/mol. The molecule has 5 aromatic rings. The zero-order valence-electron chi connectivity index (χ0n) is 16.4. The van der Waals surface area contributed by atoms with Gasteiger partial charge in [0, 0.05) is 0 Å². The van der Waals surface area contributed by atoms with Crippen LogP contribution in [-0.4, -0.2) is 10.2 Å². The maximum absolute atomic E-state index is 4.59. The first-order valence-corrected chi connectivity index (χ1v) is 14.5. The van der Waals surface area contributed by atoms with Gasteiger partial charge in [0.25, 0.3) is 0 Å². The van der Waals surface area contributed by atoms with Gasteiger partial charge in [0.2, 0.25) is 0 Å². The summed E-state index contributed by atoms with van der Waals surface area (Å²) in [6.45, 7) is 0. The molecule has 0 amide bonds. The van der Waals surface area contributed by atoms with Crippen LogP contribution in [0.5, 0.6) is 0 Å². The van der Waals surface area contributed by atoms with E-state index in [0.717, 1.165) is 17.4 Å². The fourth-order valence-electron chi connectivity index (χ4n) is 4.37. The van der Waals surface area contributed by atoms with E-state index < -0.39 is 5.31 Å². The molecule has 0 unspecified atom stereocenters. The Morgan fingerprint density at radius 3 is 1.53 bits per heavy atom. The van der Waals surface area contributed by atoms with Crippen LogP contribution < -0.4 is 15.9 Å². The molecule has 0 atom stereocenters. The third-order valence-corrected chi connectivity index (χ3v) is 15.4. The average Bonchev–Trinajstić information content (AvgIpc) is 3.23. The van der Waals surface area contributed by atoms with Crippen LogP contribution in [0.15, 0.2) is 115 Å². The summed E-state index contributed by atoms with van der Waals surface area (Å²) >= 11 is 4.51. The minimum absolute atomic E-state index is 0.810. The Labute approximate surface area is 184 Å². The molecular weight excluding hydrogens is 451 g/mol. The molecule has 2 nitrogen and oxygen atoms in total. The topological polar surface area (TPSA) is 28.7 Å². The molecule has 1 heterocycles. The molecule has 0 aliphatic carbocycles. The van der Waals surface area contributed by atoms with Crippen LogP contribution in [0.3, 0.4) is 0 Å². The van der Waals surface area contributed by atoms with Crippen LogP contribution in [-0.2, 0) is 6.16 Å². The Kier molecular flexibility index (Phi) is 4.81. The van der Waals surface area contributed by atoms with Gasteiger partial charge in [0.05, 0.1) is 0 Å². The Hall–Kier alpha value is -2.74. The minimum atomic E-state index is -3.02. The van der Waals surface area contributed by atoms with E-state index in [2.05, 4.69) is 135 Å². The van der Waals surface area contributed by atoms with Gasteiger partial charge in [0.15, 0.2) is 0 Å². The number of fused-ring (bicyclic) bond motifs is 1. The molecule has 30 heavy (non-hydrogen) atoms. The number of nitrogens with zero attached hydrogens (tertiary/aromatic N) is 1. The molecular formula is C26H22BrN2P. The number of aromatic amines is 1. The predicted octanol–water partition coefficient (Wildman–Crippen LogP) is 5.90. The quantitative estimate of drug-likeness (QED) is 0.317. The van der Waals surface area contributed by atoms with E-state index in [-0.39, 0.29) is 0 Å². The first kappa shape index (κ1) is 19.2. The first-order valence-electron chi connectivity index (χ1n) is 10.0. The fourth-order valence-corrected chi connectivity index (χ4v) is 11.9. The summed E-state index contributed by atoms with van der Waals surface area (Å²) < 4.78 is 0. The molecule has 148 valence electrons. The predicted molar refractivity (Wildman–Crippen MR) is 134 cm³/mol. The molecule has 5 rings (SSSR count). The summed E-state index contributed by atoms with van der Waals surface area (Å²) in [7, 11) is 0. The van der Waals surface area contributed by atoms with Crippen molar-refractivity contribution >= 4 is 47.6 Å². The number of aromatic nitrogens is 2. The van der Waals surface area contributed by atoms with Gasteiger partial charge in [-0.3, -0.25) is 0 Å². The zero-order chi connectivity index (χ0) is 20.5. The van der Waals surface area contributed by atoms with E-state index >= 15 is 0 Å². The number of hydrogen-bond acceptors (Lipinski definition) is 1. The summed E-state index contributed by atoms with van der Waals surface area (Å²) in [5, 5.41) is 10.0.